The summed E-state index contributed by atoms with van der Waals surface area (Å²) in [6.07, 6.45) is 0. The van der Waals surface area contributed by atoms with Crippen LogP contribution in [0.25, 0.3) is 0 Å². The molecule has 0 fully saturated rings. The van der Waals surface area contributed by atoms with E-state index in [4.69, 9.17) is 34.7 Å². The molecule has 0 unspecified atom stereocenters. The third-order valence-electron chi connectivity index (χ3n) is 2.37. The van der Waals surface area contributed by atoms with E-state index in [-0.39, 0.29) is 35.0 Å². The van der Waals surface area contributed by atoms with Gasteiger partial charge in [-0.15, -0.1) is 0 Å². The van der Waals surface area contributed by atoms with Crippen LogP contribution in [0.15, 0.2) is 18.2 Å². The highest BCUT2D eigenvalue weighted by Gasteiger charge is 2.10. The van der Waals surface area contributed by atoms with Crippen LogP contribution in [0, 0.1) is 5.82 Å². The second-order valence-electron chi connectivity index (χ2n) is 3.72. The summed E-state index contributed by atoms with van der Waals surface area (Å²) in [7, 11) is 0. The number of hydrogen-bond acceptors (Lipinski definition) is 5. The minimum Gasteiger partial charge on any atom is -0.393 e. The second kappa shape index (κ2) is 5.46. The number of rotatable bonds is 3. The van der Waals surface area contributed by atoms with Gasteiger partial charge >= 0.3 is 0 Å². The molecule has 0 aliphatic rings. The lowest BCUT2D eigenvalue weighted by molar-refractivity contribution is 0.613. The van der Waals surface area contributed by atoms with Crippen LogP contribution in [0.3, 0.4) is 0 Å². The van der Waals surface area contributed by atoms with Crippen molar-refractivity contribution in [1.29, 1.82) is 0 Å². The molecule has 0 radical (unpaired) electrons. The number of anilines is 3. The Labute approximate surface area is 118 Å². The van der Waals surface area contributed by atoms with Gasteiger partial charge in [0, 0.05) is 17.1 Å². The van der Waals surface area contributed by atoms with Crippen molar-refractivity contribution in [3.05, 3.63) is 39.8 Å². The Morgan fingerprint density at radius 3 is 2.68 bits per heavy atom. The summed E-state index contributed by atoms with van der Waals surface area (Å²) < 4.78 is 13.5. The number of nitrogens with one attached hydrogen (secondary N) is 1. The van der Waals surface area contributed by atoms with Crippen molar-refractivity contribution in [3.63, 3.8) is 0 Å². The minimum absolute atomic E-state index is 0.0201. The van der Waals surface area contributed by atoms with Crippen LogP contribution < -0.4 is 16.8 Å². The quantitative estimate of drug-likeness (QED) is 0.758. The molecule has 0 bridgehead atoms. The number of nitrogens with zero attached hydrogens (tertiary/aromatic N) is 2. The summed E-state index contributed by atoms with van der Waals surface area (Å²) >= 11 is 11.6. The van der Waals surface area contributed by atoms with Crippen molar-refractivity contribution in [3.8, 4) is 0 Å². The molecule has 1 aromatic carbocycles. The fourth-order valence-electron chi connectivity index (χ4n) is 1.45. The molecule has 1 aromatic heterocycles. The SMILES string of the molecule is Nc1nc(Cl)c(N)c(NCc2cc(Cl)ccc2F)n1. The molecular weight excluding hydrogens is 292 g/mol. The van der Waals surface area contributed by atoms with Crippen LogP contribution in [-0.4, -0.2) is 9.97 Å². The van der Waals surface area contributed by atoms with Crippen LogP contribution in [0.5, 0.6) is 0 Å². The number of benzene rings is 1. The largest absolute Gasteiger partial charge is 0.393 e. The smallest absolute Gasteiger partial charge is 0.223 e. The standard InChI is InChI=1S/C11H10Cl2FN5/c12-6-1-2-7(14)5(3-6)4-17-10-8(15)9(13)18-11(16)19-10/h1-3H,4,15H2,(H3,16,17,18,19). The van der Waals surface area contributed by atoms with Gasteiger partial charge in [0.2, 0.25) is 5.95 Å². The Morgan fingerprint density at radius 2 is 1.95 bits per heavy atom. The fraction of sp³-hybridized carbons (Fsp3) is 0.0909. The lowest BCUT2D eigenvalue weighted by atomic mass is 10.2. The number of hydrogen-bond donors (Lipinski definition) is 3. The number of nitrogens with two attached hydrogens (primary N) is 2. The molecule has 2 rings (SSSR count). The van der Waals surface area contributed by atoms with Crippen LogP contribution >= 0.6 is 23.2 Å². The number of halogens is 3. The summed E-state index contributed by atoms with van der Waals surface area (Å²) in [6, 6.07) is 4.25. The predicted molar refractivity (Wildman–Crippen MR) is 74.6 cm³/mol. The molecule has 1 heterocycles. The summed E-state index contributed by atoms with van der Waals surface area (Å²) in [5.41, 5.74) is 11.7. The average molecular weight is 302 g/mol. The first-order chi connectivity index (χ1) is 8.97. The monoisotopic (exact) mass is 301 g/mol. The molecule has 0 aliphatic carbocycles. The Kier molecular flexibility index (Phi) is 3.92. The maximum Gasteiger partial charge on any atom is 0.223 e. The van der Waals surface area contributed by atoms with Gasteiger partial charge in [-0.05, 0) is 18.2 Å². The molecule has 0 amide bonds. The third-order valence-corrected chi connectivity index (χ3v) is 2.89. The van der Waals surface area contributed by atoms with Gasteiger partial charge in [0.15, 0.2) is 11.0 Å². The summed E-state index contributed by atoms with van der Waals surface area (Å²) in [6.45, 7) is 0.142. The minimum atomic E-state index is -0.386. The van der Waals surface area contributed by atoms with E-state index in [0.29, 0.717) is 10.6 Å². The lowest BCUT2D eigenvalue weighted by Gasteiger charge is -2.10. The number of nitrogen functional groups attached to an aromatic ring is 2. The fourth-order valence-corrected chi connectivity index (χ4v) is 1.82. The van der Waals surface area contributed by atoms with Crippen LogP contribution in [-0.2, 0) is 6.54 Å². The van der Waals surface area contributed by atoms with Gasteiger partial charge in [-0.1, -0.05) is 23.2 Å². The molecule has 100 valence electrons. The Morgan fingerprint density at radius 1 is 1.21 bits per heavy atom. The van der Waals surface area contributed by atoms with Crippen molar-refractivity contribution in [1.82, 2.24) is 9.97 Å². The zero-order valence-corrected chi connectivity index (χ0v) is 11.1. The Hall–Kier alpha value is -1.79. The van der Waals surface area contributed by atoms with Crippen LogP contribution in [0.4, 0.5) is 21.8 Å². The maximum atomic E-state index is 13.5. The lowest BCUT2D eigenvalue weighted by Crippen LogP contribution is -2.09. The first-order valence-electron chi connectivity index (χ1n) is 5.23. The van der Waals surface area contributed by atoms with E-state index in [1.165, 1.54) is 18.2 Å². The highest BCUT2D eigenvalue weighted by Crippen LogP contribution is 2.25. The van der Waals surface area contributed by atoms with Gasteiger partial charge in [-0.3, -0.25) is 0 Å². The first-order valence-corrected chi connectivity index (χ1v) is 5.99. The van der Waals surface area contributed by atoms with E-state index in [0.717, 1.165) is 0 Å². The number of aromatic nitrogens is 2. The van der Waals surface area contributed by atoms with Crippen molar-refractivity contribution in [2.45, 2.75) is 6.54 Å². The summed E-state index contributed by atoms with van der Waals surface area (Å²) in [5, 5.41) is 3.32. The molecular formula is C11H10Cl2FN5. The maximum absolute atomic E-state index is 13.5. The van der Waals surface area contributed by atoms with E-state index in [1.54, 1.807) is 0 Å². The van der Waals surface area contributed by atoms with E-state index in [9.17, 15) is 4.39 Å². The van der Waals surface area contributed by atoms with Crippen LogP contribution in [0.1, 0.15) is 5.56 Å². The zero-order valence-electron chi connectivity index (χ0n) is 9.62. The highest BCUT2D eigenvalue weighted by molar-refractivity contribution is 6.32. The Balaban J connectivity index is 2.21. The molecule has 0 saturated heterocycles. The van der Waals surface area contributed by atoms with E-state index >= 15 is 0 Å². The van der Waals surface area contributed by atoms with E-state index in [1.807, 2.05) is 0 Å². The third kappa shape index (κ3) is 3.15. The zero-order chi connectivity index (χ0) is 14.0. The van der Waals surface area contributed by atoms with Gasteiger partial charge in [0.1, 0.15) is 11.5 Å². The normalized spacial score (nSPS) is 10.5. The highest BCUT2D eigenvalue weighted by atomic mass is 35.5. The average Bonchev–Trinajstić information content (AvgIpc) is 2.35. The van der Waals surface area contributed by atoms with E-state index in [2.05, 4.69) is 15.3 Å². The summed E-state index contributed by atoms with van der Waals surface area (Å²) in [5.74, 6) is -0.159. The van der Waals surface area contributed by atoms with Gasteiger partial charge in [-0.2, -0.15) is 9.97 Å². The molecule has 0 saturated carbocycles. The van der Waals surface area contributed by atoms with Crippen molar-refractivity contribution in [2.24, 2.45) is 0 Å². The van der Waals surface area contributed by atoms with Gasteiger partial charge in [0.05, 0.1) is 0 Å². The first kappa shape index (κ1) is 13.6. The van der Waals surface area contributed by atoms with E-state index < -0.39 is 0 Å². The molecule has 0 aliphatic heterocycles. The topological polar surface area (TPSA) is 89.8 Å². The molecule has 5 N–H and O–H groups in total. The molecule has 0 atom stereocenters. The molecule has 5 nitrogen and oxygen atoms in total. The van der Waals surface area contributed by atoms with Crippen LogP contribution in [0.2, 0.25) is 10.2 Å². The van der Waals surface area contributed by atoms with Crippen molar-refractivity contribution < 1.29 is 4.39 Å². The van der Waals surface area contributed by atoms with Gasteiger partial charge < -0.3 is 16.8 Å². The molecule has 2 aromatic rings. The molecule has 19 heavy (non-hydrogen) atoms. The predicted octanol–water partition coefficient (Wildman–Crippen LogP) is 2.70. The van der Waals surface area contributed by atoms with Gasteiger partial charge in [0.25, 0.3) is 0 Å². The van der Waals surface area contributed by atoms with Crippen molar-refractivity contribution in [2.75, 3.05) is 16.8 Å². The summed E-state index contributed by atoms with van der Waals surface area (Å²) in [4.78, 5) is 7.58. The van der Waals surface area contributed by atoms with Crippen molar-refractivity contribution >= 4 is 40.7 Å². The van der Waals surface area contributed by atoms with Gasteiger partial charge in [-0.25, -0.2) is 4.39 Å². The molecule has 8 heteroatoms. The molecule has 0 spiro atoms. The second-order valence-corrected chi connectivity index (χ2v) is 4.52. The Bertz CT molecular complexity index is 620.